The van der Waals surface area contributed by atoms with E-state index in [-0.39, 0.29) is 23.7 Å². The molecule has 7 heteroatoms. The Bertz CT molecular complexity index is 879. The van der Waals surface area contributed by atoms with E-state index in [0.717, 1.165) is 11.1 Å². The van der Waals surface area contributed by atoms with Crippen molar-refractivity contribution in [3.05, 3.63) is 65.7 Å². The van der Waals surface area contributed by atoms with Crippen LogP contribution in [0.5, 0.6) is 0 Å². The van der Waals surface area contributed by atoms with Gasteiger partial charge in [-0.1, -0.05) is 48.0 Å². The van der Waals surface area contributed by atoms with Crippen molar-refractivity contribution in [1.29, 1.82) is 0 Å². The van der Waals surface area contributed by atoms with Crippen LogP contribution in [0.4, 0.5) is 8.78 Å². The van der Waals surface area contributed by atoms with Crippen molar-refractivity contribution < 1.29 is 17.2 Å². The molecule has 2 aromatic carbocycles. The lowest BCUT2D eigenvalue weighted by molar-refractivity contribution is 0.0754. The van der Waals surface area contributed by atoms with Gasteiger partial charge >= 0.3 is 0 Å². The molecule has 1 fully saturated rings. The highest BCUT2D eigenvalue weighted by atomic mass is 32.2. The fraction of sp³-hybridized carbons (Fsp3) is 0.278. The number of hydrogen-bond acceptors (Lipinski definition) is 3. The summed E-state index contributed by atoms with van der Waals surface area (Å²) < 4.78 is 52.8. The van der Waals surface area contributed by atoms with Crippen molar-refractivity contribution in [2.75, 3.05) is 0 Å². The highest BCUT2D eigenvalue weighted by Gasteiger charge is 2.46. The van der Waals surface area contributed by atoms with Crippen molar-refractivity contribution in [3.63, 3.8) is 0 Å². The largest absolute Gasteiger partial charge is 0.288 e. The summed E-state index contributed by atoms with van der Waals surface area (Å²) in [7, 11) is -3.97. The number of halogens is 2. The number of rotatable bonds is 4. The Kier molecular flexibility index (Phi) is 4.60. The molecule has 0 radical (unpaired) electrons. The third-order valence-electron chi connectivity index (χ3n) is 4.27. The van der Waals surface area contributed by atoms with Gasteiger partial charge in [0.1, 0.15) is 5.71 Å². The maximum atomic E-state index is 14.2. The zero-order chi connectivity index (χ0) is 18.1. The number of nitrogens with zero attached hydrogens (tertiary/aromatic N) is 1. The van der Waals surface area contributed by atoms with Gasteiger partial charge in [0.25, 0.3) is 15.9 Å². The van der Waals surface area contributed by atoms with Crippen molar-refractivity contribution in [3.8, 4) is 0 Å². The molecule has 0 saturated heterocycles. The minimum atomic E-state index is -3.97. The Labute approximate surface area is 145 Å². The second-order valence-electron chi connectivity index (χ2n) is 6.19. The Morgan fingerprint density at radius 2 is 1.72 bits per heavy atom. The predicted octanol–water partition coefficient (Wildman–Crippen LogP) is 3.84. The molecule has 1 saturated carbocycles. The van der Waals surface area contributed by atoms with Gasteiger partial charge in [0.15, 0.2) is 0 Å². The normalized spacial score (nSPS) is 21.4. The minimum absolute atomic E-state index is 0.0108. The standard InChI is InChI=1S/C18H18F2N2O2S/c1-13-7-9-16(10-8-13)25(23,24)22-21-17-11-15(12-18(17,19)20)14-5-3-2-4-6-14/h2-10,15,22H,11-12H2,1H3/b21-17-. The van der Waals surface area contributed by atoms with Crippen molar-refractivity contribution >= 4 is 15.7 Å². The van der Waals surface area contributed by atoms with Gasteiger partial charge in [0.05, 0.1) is 4.90 Å². The maximum Gasteiger partial charge on any atom is 0.288 e. The molecule has 4 nitrogen and oxygen atoms in total. The highest BCUT2D eigenvalue weighted by Crippen LogP contribution is 2.42. The van der Waals surface area contributed by atoms with E-state index >= 15 is 0 Å². The van der Waals surface area contributed by atoms with Gasteiger partial charge in [-0.2, -0.15) is 27.1 Å². The van der Waals surface area contributed by atoms with Gasteiger partial charge in [-0.3, -0.25) is 0 Å². The topological polar surface area (TPSA) is 58.5 Å². The molecule has 0 aromatic heterocycles. The van der Waals surface area contributed by atoms with Crippen molar-refractivity contribution in [1.82, 2.24) is 4.83 Å². The van der Waals surface area contributed by atoms with E-state index in [0.29, 0.717) is 0 Å². The number of alkyl halides is 2. The summed E-state index contributed by atoms with van der Waals surface area (Å²) in [5, 5.41) is 3.55. The van der Waals surface area contributed by atoms with Gasteiger partial charge in [-0.15, -0.1) is 0 Å². The quantitative estimate of drug-likeness (QED) is 0.838. The second-order valence-corrected chi connectivity index (χ2v) is 7.85. The fourth-order valence-electron chi connectivity index (χ4n) is 2.86. The first-order valence-corrected chi connectivity index (χ1v) is 9.34. The number of hydrogen-bond donors (Lipinski definition) is 1. The van der Waals surface area contributed by atoms with Crippen LogP contribution >= 0.6 is 0 Å². The van der Waals surface area contributed by atoms with Crippen LogP contribution in [0, 0.1) is 6.92 Å². The lowest BCUT2D eigenvalue weighted by Gasteiger charge is -2.10. The molecule has 0 spiro atoms. The Morgan fingerprint density at radius 1 is 1.08 bits per heavy atom. The Hall–Kier alpha value is -2.28. The summed E-state index contributed by atoms with van der Waals surface area (Å²) >= 11 is 0. The van der Waals surface area contributed by atoms with Crippen LogP contribution in [-0.4, -0.2) is 20.1 Å². The van der Waals surface area contributed by atoms with E-state index in [2.05, 4.69) is 5.10 Å². The molecule has 2 aromatic rings. The number of sulfonamides is 1. The lowest BCUT2D eigenvalue weighted by atomic mass is 9.98. The Balaban J connectivity index is 1.79. The molecule has 1 unspecified atom stereocenters. The molecule has 3 rings (SSSR count). The van der Waals surface area contributed by atoms with Crippen LogP contribution in [-0.2, 0) is 10.0 Å². The molecule has 0 heterocycles. The zero-order valence-corrected chi connectivity index (χ0v) is 14.4. The molecule has 0 aliphatic heterocycles. The van der Waals surface area contributed by atoms with Crippen molar-refractivity contribution in [2.24, 2.45) is 5.10 Å². The third kappa shape index (κ3) is 3.87. The highest BCUT2D eigenvalue weighted by molar-refractivity contribution is 7.89. The average molecular weight is 364 g/mol. The molecule has 1 aliphatic rings. The predicted molar refractivity (Wildman–Crippen MR) is 92.3 cm³/mol. The smallest absolute Gasteiger partial charge is 0.200 e. The molecular formula is C18H18F2N2O2S. The third-order valence-corrected chi connectivity index (χ3v) is 5.49. The summed E-state index contributed by atoms with van der Waals surface area (Å²) in [4.78, 5) is 1.93. The van der Waals surface area contributed by atoms with Gasteiger partial charge in [0.2, 0.25) is 0 Å². The number of hydrazone groups is 1. The van der Waals surface area contributed by atoms with Crippen LogP contribution in [0.25, 0.3) is 0 Å². The number of nitrogens with one attached hydrogen (secondary N) is 1. The summed E-state index contributed by atoms with van der Waals surface area (Å²) in [6.07, 6.45) is -0.352. The van der Waals surface area contributed by atoms with E-state index in [4.69, 9.17) is 0 Å². The molecule has 132 valence electrons. The van der Waals surface area contributed by atoms with Crippen LogP contribution in [0.2, 0.25) is 0 Å². The number of aryl methyl sites for hydroxylation is 1. The summed E-state index contributed by atoms with van der Waals surface area (Å²) in [5.41, 5.74) is 1.27. The van der Waals surface area contributed by atoms with Crippen LogP contribution in [0.3, 0.4) is 0 Å². The summed E-state index contributed by atoms with van der Waals surface area (Å²) in [5.74, 6) is -3.50. The van der Waals surface area contributed by atoms with E-state index in [1.165, 1.54) is 12.1 Å². The summed E-state index contributed by atoms with van der Waals surface area (Å²) in [6, 6.07) is 15.1. The first-order valence-electron chi connectivity index (χ1n) is 7.86. The monoisotopic (exact) mass is 364 g/mol. The molecule has 25 heavy (non-hydrogen) atoms. The van der Waals surface area contributed by atoms with Crippen LogP contribution < -0.4 is 4.83 Å². The molecule has 0 bridgehead atoms. The fourth-order valence-corrected chi connectivity index (χ4v) is 3.69. The molecule has 0 amide bonds. The van der Waals surface area contributed by atoms with Gasteiger partial charge in [-0.05, 0) is 30.5 Å². The first kappa shape index (κ1) is 17.5. The average Bonchev–Trinajstić information content (AvgIpc) is 2.89. The van der Waals surface area contributed by atoms with E-state index in [1.807, 2.05) is 17.8 Å². The number of benzene rings is 2. The maximum absolute atomic E-state index is 14.2. The van der Waals surface area contributed by atoms with E-state index in [1.54, 1.807) is 36.4 Å². The Morgan fingerprint density at radius 3 is 2.36 bits per heavy atom. The minimum Gasteiger partial charge on any atom is -0.200 e. The molecular weight excluding hydrogens is 346 g/mol. The summed E-state index contributed by atoms with van der Waals surface area (Å²) in [6.45, 7) is 1.83. The van der Waals surface area contributed by atoms with Crippen LogP contribution in [0.1, 0.15) is 29.9 Å². The van der Waals surface area contributed by atoms with Crippen molar-refractivity contribution in [2.45, 2.75) is 36.5 Å². The van der Waals surface area contributed by atoms with E-state index < -0.39 is 21.7 Å². The second kappa shape index (κ2) is 6.55. The molecule has 1 N–H and O–H groups in total. The SMILES string of the molecule is Cc1ccc(S(=O)(=O)N/N=C2/CC(c3ccccc3)CC2(F)F)cc1. The van der Waals surface area contributed by atoms with Gasteiger partial charge in [0, 0.05) is 12.8 Å². The zero-order valence-electron chi connectivity index (χ0n) is 13.6. The van der Waals surface area contributed by atoms with Gasteiger partial charge < -0.3 is 0 Å². The molecule has 1 atom stereocenters. The first-order chi connectivity index (χ1) is 11.8. The van der Waals surface area contributed by atoms with Gasteiger partial charge in [-0.25, -0.2) is 0 Å². The van der Waals surface area contributed by atoms with E-state index in [9.17, 15) is 17.2 Å². The van der Waals surface area contributed by atoms with Crippen LogP contribution in [0.15, 0.2) is 64.6 Å². The molecule has 1 aliphatic carbocycles. The lowest BCUT2D eigenvalue weighted by Crippen LogP contribution is -2.27.